The molecule has 1 fully saturated rings. The van der Waals surface area contributed by atoms with Gasteiger partial charge in [0.2, 0.25) is 11.5 Å². The molecule has 1 saturated heterocycles. The summed E-state index contributed by atoms with van der Waals surface area (Å²) in [7, 11) is 0. The van der Waals surface area contributed by atoms with Crippen molar-refractivity contribution in [3.8, 4) is 17.2 Å². The Morgan fingerprint density at radius 3 is 2.41 bits per heavy atom. The molecular formula is C26H26F2N6O7. The van der Waals surface area contributed by atoms with Crippen molar-refractivity contribution in [1.29, 1.82) is 0 Å². The van der Waals surface area contributed by atoms with Crippen molar-refractivity contribution in [2.75, 3.05) is 24.5 Å². The van der Waals surface area contributed by atoms with Crippen LogP contribution in [0.5, 0.6) is 11.5 Å². The summed E-state index contributed by atoms with van der Waals surface area (Å²) in [5, 5.41) is 16.4. The molecule has 0 saturated carbocycles. The number of primary amides is 1. The van der Waals surface area contributed by atoms with Crippen molar-refractivity contribution in [3.05, 3.63) is 69.9 Å². The summed E-state index contributed by atoms with van der Waals surface area (Å²) in [6.07, 6.45) is -0.0707. The molecule has 2 heterocycles. The van der Waals surface area contributed by atoms with E-state index < -0.39 is 51.6 Å². The number of nitrogens with two attached hydrogens (primary N) is 1. The Morgan fingerprint density at radius 2 is 1.85 bits per heavy atom. The number of carbonyl (C=O) groups excluding carboxylic acids is 3. The third kappa shape index (κ3) is 6.23. The molecular weight excluding hydrogens is 546 g/mol. The first-order valence-electron chi connectivity index (χ1n) is 12.3. The van der Waals surface area contributed by atoms with Crippen LogP contribution in [0.4, 0.5) is 25.1 Å². The molecule has 13 nitrogen and oxygen atoms in total. The number of carbonyl (C=O) groups is 3. The number of anilines is 1. The van der Waals surface area contributed by atoms with Crippen LogP contribution < -0.4 is 15.4 Å². The predicted molar refractivity (Wildman–Crippen MR) is 140 cm³/mol. The van der Waals surface area contributed by atoms with Gasteiger partial charge in [0.05, 0.1) is 23.2 Å². The fraction of sp³-hybridized carbons (Fsp3) is 0.308. The maximum Gasteiger partial charge on any atom is 0.410 e. The molecule has 15 heteroatoms. The Kier molecular flexibility index (Phi) is 7.89. The van der Waals surface area contributed by atoms with Gasteiger partial charge >= 0.3 is 11.8 Å². The van der Waals surface area contributed by atoms with E-state index in [4.69, 9.17) is 15.2 Å². The average Bonchev–Trinajstić information content (AvgIpc) is 3.25. The monoisotopic (exact) mass is 572 g/mol. The first-order chi connectivity index (χ1) is 19.3. The van der Waals surface area contributed by atoms with Crippen LogP contribution in [0, 0.1) is 21.7 Å². The molecule has 0 bridgehead atoms. The molecule has 216 valence electrons. The van der Waals surface area contributed by atoms with Gasteiger partial charge in [0.15, 0.2) is 11.6 Å². The molecule has 2 amide bonds. The zero-order valence-corrected chi connectivity index (χ0v) is 22.2. The number of hydrogen-bond donors (Lipinski definition) is 1. The Bertz CT molecular complexity index is 1500. The summed E-state index contributed by atoms with van der Waals surface area (Å²) in [4.78, 5) is 50.3. The lowest BCUT2D eigenvalue weighted by molar-refractivity contribution is -0.384. The molecule has 2 N–H and O–H groups in total. The van der Waals surface area contributed by atoms with Gasteiger partial charge in [0.1, 0.15) is 23.5 Å². The van der Waals surface area contributed by atoms with Crippen molar-refractivity contribution in [3.63, 3.8) is 0 Å². The van der Waals surface area contributed by atoms with Crippen LogP contribution in [-0.4, -0.2) is 69.2 Å². The van der Waals surface area contributed by atoms with Crippen molar-refractivity contribution < 1.29 is 37.6 Å². The SMILES string of the molecule is CC(C)(C)OC(=O)N1CC(N(CC=O)c2nn(-c3ccc(Oc4cc(F)ccc4F)cc3)c(C(N)=O)c2[N+](=O)[O-])C1. The highest BCUT2D eigenvalue weighted by atomic mass is 19.1. The van der Waals surface area contributed by atoms with E-state index >= 15 is 0 Å². The van der Waals surface area contributed by atoms with Crippen molar-refractivity contribution in [1.82, 2.24) is 14.7 Å². The Balaban J connectivity index is 1.67. The average molecular weight is 573 g/mol. The lowest BCUT2D eigenvalue weighted by Gasteiger charge is -2.44. The van der Waals surface area contributed by atoms with Crippen LogP contribution in [0.3, 0.4) is 0 Å². The van der Waals surface area contributed by atoms with E-state index in [1.165, 1.54) is 34.1 Å². The largest absolute Gasteiger partial charge is 0.454 e. The zero-order valence-electron chi connectivity index (χ0n) is 22.2. The van der Waals surface area contributed by atoms with Crippen molar-refractivity contribution in [2.24, 2.45) is 5.73 Å². The van der Waals surface area contributed by atoms with Gasteiger partial charge < -0.3 is 29.8 Å². The van der Waals surface area contributed by atoms with E-state index in [-0.39, 0.29) is 42.6 Å². The molecule has 1 aliphatic heterocycles. The smallest absolute Gasteiger partial charge is 0.410 e. The highest BCUT2D eigenvalue weighted by molar-refractivity contribution is 5.98. The standard InChI is InChI=1S/C26H26F2N6O7/c1-26(2,3)41-25(37)31-13-17(14-31)32(10-11-35)24-22(34(38)39)21(23(29)36)33(30-24)16-5-7-18(8-6-16)40-20-12-15(27)4-9-19(20)28/h4-9,11-12,17H,10,13-14H2,1-3H3,(H2,29,36). The van der Waals surface area contributed by atoms with Gasteiger partial charge in [-0.15, -0.1) is 5.10 Å². The minimum absolute atomic E-state index is 0.0847. The fourth-order valence-electron chi connectivity index (χ4n) is 4.12. The van der Waals surface area contributed by atoms with Crippen molar-refractivity contribution >= 4 is 29.8 Å². The second kappa shape index (κ2) is 11.2. The molecule has 4 rings (SSSR count). The van der Waals surface area contributed by atoms with Crippen LogP contribution in [0.25, 0.3) is 5.69 Å². The minimum Gasteiger partial charge on any atom is -0.454 e. The van der Waals surface area contributed by atoms with Gasteiger partial charge in [-0.1, -0.05) is 0 Å². The second-order valence-corrected chi connectivity index (χ2v) is 10.1. The summed E-state index contributed by atoms with van der Waals surface area (Å²) in [5.41, 5.74) is 3.65. The molecule has 41 heavy (non-hydrogen) atoms. The summed E-state index contributed by atoms with van der Waals surface area (Å²) in [6.45, 7) is 4.97. The molecule has 1 aromatic heterocycles. The van der Waals surface area contributed by atoms with Gasteiger partial charge in [-0.2, -0.15) is 0 Å². The maximum atomic E-state index is 14.0. The number of ether oxygens (including phenoxy) is 2. The number of rotatable bonds is 9. The predicted octanol–water partition coefficient (Wildman–Crippen LogP) is 3.57. The van der Waals surface area contributed by atoms with Gasteiger partial charge in [0, 0.05) is 19.2 Å². The number of aldehydes is 1. The first kappa shape index (κ1) is 28.9. The number of amides is 2. The summed E-state index contributed by atoms with van der Waals surface area (Å²) >= 11 is 0. The lowest BCUT2D eigenvalue weighted by Crippen LogP contribution is -2.62. The van der Waals surface area contributed by atoms with Gasteiger partial charge in [-0.05, 0) is 57.2 Å². The summed E-state index contributed by atoms with van der Waals surface area (Å²) < 4.78 is 39.1. The van der Waals surface area contributed by atoms with Gasteiger partial charge in [0.25, 0.3) is 5.91 Å². The minimum atomic E-state index is -1.16. The molecule has 1 aliphatic rings. The van der Waals surface area contributed by atoms with Crippen LogP contribution in [-0.2, 0) is 9.53 Å². The van der Waals surface area contributed by atoms with E-state index in [0.29, 0.717) is 6.29 Å². The lowest BCUT2D eigenvalue weighted by atomic mass is 10.1. The Morgan fingerprint density at radius 1 is 1.20 bits per heavy atom. The third-order valence-electron chi connectivity index (χ3n) is 5.96. The van der Waals surface area contributed by atoms with E-state index in [1.54, 1.807) is 20.8 Å². The number of aromatic nitrogens is 2. The van der Waals surface area contributed by atoms with Gasteiger partial charge in [-0.3, -0.25) is 14.9 Å². The molecule has 3 aromatic rings. The number of nitrogens with zero attached hydrogens (tertiary/aromatic N) is 5. The van der Waals surface area contributed by atoms with E-state index in [1.807, 2.05) is 0 Å². The molecule has 0 aliphatic carbocycles. The van der Waals surface area contributed by atoms with Gasteiger partial charge in [-0.25, -0.2) is 18.3 Å². The maximum absolute atomic E-state index is 14.0. The molecule has 0 atom stereocenters. The quantitative estimate of drug-likeness (QED) is 0.229. The second-order valence-electron chi connectivity index (χ2n) is 10.1. The first-order valence-corrected chi connectivity index (χ1v) is 12.3. The Labute approximate surface area is 232 Å². The normalized spacial score (nSPS) is 13.3. The van der Waals surface area contributed by atoms with Crippen LogP contribution >= 0.6 is 0 Å². The number of nitro groups is 1. The molecule has 2 aromatic carbocycles. The van der Waals surface area contributed by atoms with Crippen molar-refractivity contribution in [2.45, 2.75) is 32.4 Å². The summed E-state index contributed by atoms with van der Waals surface area (Å²) in [5.74, 6) is -3.23. The fourth-order valence-corrected chi connectivity index (χ4v) is 4.12. The van der Waals surface area contributed by atoms with Crippen LogP contribution in [0.2, 0.25) is 0 Å². The van der Waals surface area contributed by atoms with Crippen LogP contribution in [0.15, 0.2) is 42.5 Å². The number of benzene rings is 2. The van der Waals surface area contributed by atoms with Crippen LogP contribution in [0.1, 0.15) is 31.3 Å². The summed E-state index contributed by atoms with van der Waals surface area (Å²) in [6, 6.07) is 7.61. The highest BCUT2D eigenvalue weighted by Crippen LogP contribution is 2.36. The number of hydrogen-bond acceptors (Lipinski definition) is 9. The number of halogens is 2. The van der Waals surface area contributed by atoms with E-state index in [2.05, 4.69) is 5.10 Å². The molecule has 0 unspecified atom stereocenters. The topological polar surface area (TPSA) is 163 Å². The molecule has 0 radical (unpaired) electrons. The third-order valence-corrected chi connectivity index (χ3v) is 5.96. The Hall–Kier alpha value is -5.08. The van der Waals surface area contributed by atoms with E-state index in [0.717, 1.165) is 22.9 Å². The van der Waals surface area contributed by atoms with E-state index in [9.17, 15) is 33.3 Å². The molecule has 0 spiro atoms. The number of likely N-dealkylation sites (tertiary alicyclic amines) is 1. The highest BCUT2D eigenvalue weighted by Gasteiger charge is 2.42. The zero-order chi connectivity index (χ0) is 30.1.